The first-order valence-corrected chi connectivity index (χ1v) is 11.4. The van der Waals surface area contributed by atoms with E-state index < -0.39 is 5.91 Å². The van der Waals surface area contributed by atoms with Crippen molar-refractivity contribution in [3.63, 3.8) is 0 Å². The molecule has 5 rings (SSSR count). The summed E-state index contributed by atoms with van der Waals surface area (Å²) in [6.07, 6.45) is 0. The molecule has 11 heteroatoms. The molecule has 3 amide bonds. The molecule has 1 N–H and O–H groups in total. The van der Waals surface area contributed by atoms with E-state index in [1.807, 2.05) is 0 Å². The van der Waals surface area contributed by atoms with Crippen molar-refractivity contribution in [2.24, 2.45) is 0 Å². The van der Waals surface area contributed by atoms with Crippen molar-refractivity contribution in [1.29, 1.82) is 0 Å². The van der Waals surface area contributed by atoms with Crippen molar-refractivity contribution in [3.05, 3.63) is 81.1 Å². The Kier molecular flexibility index (Phi) is 5.27. The Hall–Kier alpha value is -3.83. The zero-order valence-electron chi connectivity index (χ0n) is 17.0. The number of fused-ring (bicyclic) bond motifs is 1. The van der Waals surface area contributed by atoms with Gasteiger partial charge in [-0.05, 0) is 43.3 Å². The summed E-state index contributed by atoms with van der Waals surface area (Å²) < 4.78 is 13.2. The van der Waals surface area contributed by atoms with Crippen LogP contribution in [0.4, 0.5) is 9.52 Å². The Balaban J connectivity index is 1.29. The maximum absolute atomic E-state index is 13.2. The second-order valence-electron chi connectivity index (χ2n) is 7.14. The van der Waals surface area contributed by atoms with Crippen LogP contribution in [0.3, 0.4) is 0 Å². The van der Waals surface area contributed by atoms with Crippen LogP contribution in [0.5, 0.6) is 0 Å². The molecule has 0 unspecified atom stereocenters. The summed E-state index contributed by atoms with van der Waals surface area (Å²) in [4.78, 5) is 43.7. The third kappa shape index (κ3) is 3.92. The summed E-state index contributed by atoms with van der Waals surface area (Å²) in [5.41, 5.74) is 1.96. The molecule has 0 aliphatic carbocycles. The molecule has 8 nitrogen and oxygen atoms in total. The van der Waals surface area contributed by atoms with Gasteiger partial charge in [0.1, 0.15) is 20.7 Å². The summed E-state index contributed by atoms with van der Waals surface area (Å²) in [5, 5.41) is 11.9. The maximum atomic E-state index is 13.2. The number of halogens is 1. The Labute approximate surface area is 194 Å². The topological polar surface area (TPSA) is 105 Å². The zero-order valence-corrected chi connectivity index (χ0v) is 18.7. The third-order valence-corrected chi connectivity index (χ3v) is 6.98. The zero-order chi connectivity index (χ0) is 23.1. The summed E-state index contributed by atoms with van der Waals surface area (Å²) in [7, 11) is 0. The quantitative estimate of drug-likeness (QED) is 0.431. The van der Waals surface area contributed by atoms with Gasteiger partial charge in [0.25, 0.3) is 17.7 Å². The van der Waals surface area contributed by atoms with Crippen LogP contribution in [0.1, 0.15) is 41.1 Å². The van der Waals surface area contributed by atoms with E-state index in [4.69, 9.17) is 0 Å². The van der Waals surface area contributed by atoms with Crippen molar-refractivity contribution >= 4 is 45.5 Å². The Morgan fingerprint density at radius 1 is 1.00 bits per heavy atom. The van der Waals surface area contributed by atoms with Gasteiger partial charge in [-0.1, -0.05) is 23.5 Å². The van der Waals surface area contributed by atoms with Gasteiger partial charge in [-0.3, -0.25) is 24.6 Å². The van der Waals surface area contributed by atoms with Gasteiger partial charge in [0.05, 0.1) is 23.4 Å². The minimum Gasteiger partial charge on any atom is -0.296 e. The van der Waals surface area contributed by atoms with Gasteiger partial charge in [0.2, 0.25) is 5.13 Å². The van der Waals surface area contributed by atoms with Gasteiger partial charge in [0, 0.05) is 5.56 Å². The maximum Gasteiger partial charge on any atom is 0.269 e. The Morgan fingerprint density at radius 3 is 2.33 bits per heavy atom. The van der Waals surface area contributed by atoms with E-state index in [0.717, 1.165) is 16.2 Å². The fourth-order valence-corrected chi connectivity index (χ4v) is 5.05. The number of nitrogens with one attached hydrogen (secondary N) is 1. The van der Waals surface area contributed by atoms with E-state index in [1.54, 1.807) is 43.3 Å². The normalized spacial score (nSPS) is 12.8. The lowest BCUT2D eigenvalue weighted by atomic mass is 10.1. The van der Waals surface area contributed by atoms with Crippen molar-refractivity contribution in [1.82, 2.24) is 20.1 Å². The smallest absolute Gasteiger partial charge is 0.269 e. The number of imide groups is 1. The van der Waals surface area contributed by atoms with E-state index in [1.165, 1.54) is 23.5 Å². The highest BCUT2D eigenvalue weighted by molar-refractivity contribution is 7.17. The first-order valence-electron chi connectivity index (χ1n) is 9.73. The highest BCUT2D eigenvalue weighted by Gasteiger charge is 2.35. The van der Waals surface area contributed by atoms with Crippen molar-refractivity contribution in [2.75, 3.05) is 5.32 Å². The van der Waals surface area contributed by atoms with Gasteiger partial charge in [-0.25, -0.2) is 9.37 Å². The monoisotopic (exact) mass is 479 g/mol. The summed E-state index contributed by atoms with van der Waals surface area (Å²) in [6.45, 7) is 1.68. The molecule has 3 heterocycles. The lowest BCUT2D eigenvalue weighted by molar-refractivity contribution is 0.0641. The number of benzene rings is 2. The van der Waals surface area contributed by atoms with Gasteiger partial charge in [-0.15, -0.1) is 21.5 Å². The largest absolute Gasteiger partial charge is 0.296 e. The van der Waals surface area contributed by atoms with E-state index in [0.29, 0.717) is 37.3 Å². The van der Waals surface area contributed by atoms with Crippen LogP contribution in [0, 0.1) is 12.7 Å². The molecule has 0 fully saturated rings. The summed E-state index contributed by atoms with van der Waals surface area (Å²) in [6, 6.07) is 12.5. The predicted octanol–water partition coefficient (Wildman–Crippen LogP) is 4.16. The minimum absolute atomic E-state index is 0.0335. The van der Waals surface area contributed by atoms with Crippen LogP contribution in [-0.2, 0) is 6.54 Å². The fraction of sp³-hybridized carbons (Fsp3) is 0.0909. The van der Waals surface area contributed by atoms with E-state index in [-0.39, 0.29) is 29.3 Å². The molecule has 33 heavy (non-hydrogen) atoms. The fourth-order valence-electron chi connectivity index (χ4n) is 3.36. The second-order valence-corrected chi connectivity index (χ2v) is 9.20. The summed E-state index contributed by atoms with van der Waals surface area (Å²) in [5.74, 6) is -1.52. The Morgan fingerprint density at radius 2 is 1.67 bits per heavy atom. The van der Waals surface area contributed by atoms with E-state index >= 15 is 0 Å². The van der Waals surface area contributed by atoms with Crippen molar-refractivity contribution in [2.45, 2.75) is 13.5 Å². The molecular weight excluding hydrogens is 465 g/mol. The molecule has 0 spiro atoms. The molecule has 0 saturated carbocycles. The van der Waals surface area contributed by atoms with Gasteiger partial charge in [0.15, 0.2) is 0 Å². The molecule has 0 saturated heterocycles. The van der Waals surface area contributed by atoms with E-state index in [2.05, 4.69) is 20.5 Å². The number of thiazole rings is 1. The van der Waals surface area contributed by atoms with Crippen molar-refractivity contribution < 1.29 is 18.8 Å². The van der Waals surface area contributed by atoms with Gasteiger partial charge in [-0.2, -0.15) is 0 Å². The van der Waals surface area contributed by atoms with Gasteiger partial charge >= 0.3 is 0 Å². The van der Waals surface area contributed by atoms with Crippen LogP contribution >= 0.6 is 22.7 Å². The highest BCUT2D eigenvalue weighted by Crippen LogP contribution is 2.30. The number of hydrogen-bond acceptors (Lipinski definition) is 8. The average molecular weight is 480 g/mol. The molecule has 164 valence electrons. The molecule has 2 aromatic heterocycles. The van der Waals surface area contributed by atoms with Crippen LogP contribution in [0.2, 0.25) is 0 Å². The minimum atomic E-state index is -0.401. The van der Waals surface area contributed by atoms with Crippen LogP contribution < -0.4 is 5.32 Å². The Bertz CT molecular complexity index is 1380. The molecule has 1 aliphatic rings. The van der Waals surface area contributed by atoms with Crippen LogP contribution in [0.25, 0.3) is 10.6 Å². The van der Waals surface area contributed by atoms with Crippen LogP contribution in [-0.4, -0.2) is 37.8 Å². The first kappa shape index (κ1) is 21.0. The molecule has 4 aromatic rings. The number of aryl methyl sites for hydroxylation is 1. The molecular formula is C22H14FN5O3S2. The molecule has 2 aromatic carbocycles. The number of aromatic nitrogens is 3. The molecule has 1 aliphatic heterocycles. The first-order chi connectivity index (χ1) is 15.9. The van der Waals surface area contributed by atoms with E-state index in [9.17, 15) is 18.8 Å². The predicted molar refractivity (Wildman–Crippen MR) is 121 cm³/mol. The number of carbonyl (C=O) groups excluding carboxylic acids is 3. The number of carbonyl (C=O) groups is 3. The SMILES string of the molecule is Cc1nc(-c2ccc(F)cc2)sc1C(=O)Nc1nnc(CN2C(=O)c3ccccc3C2=O)s1. The number of amides is 3. The summed E-state index contributed by atoms with van der Waals surface area (Å²) >= 11 is 2.26. The molecule has 0 bridgehead atoms. The number of hydrogen-bond donors (Lipinski definition) is 1. The molecule has 0 atom stereocenters. The number of rotatable bonds is 5. The van der Waals surface area contributed by atoms with Gasteiger partial charge < -0.3 is 0 Å². The average Bonchev–Trinajstić information content (AvgIpc) is 3.48. The standard InChI is InChI=1S/C22H14FN5O3S2/c1-11-17(33-19(24-11)12-6-8-13(23)9-7-12)18(29)25-22-27-26-16(32-22)10-28-20(30)14-4-2-3-5-15(14)21(28)31/h2-9H,10H2,1H3,(H,25,27,29). The van der Waals surface area contributed by atoms with Crippen LogP contribution in [0.15, 0.2) is 48.5 Å². The lowest BCUT2D eigenvalue weighted by Crippen LogP contribution is -2.29. The second kappa shape index (κ2) is 8.26. The number of nitrogens with zero attached hydrogens (tertiary/aromatic N) is 4. The molecule has 0 radical (unpaired) electrons. The number of anilines is 1. The van der Waals surface area contributed by atoms with Crippen molar-refractivity contribution in [3.8, 4) is 10.6 Å². The third-order valence-electron chi connectivity index (χ3n) is 4.95. The highest BCUT2D eigenvalue weighted by atomic mass is 32.1. The lowest BCUT2D eigenvalue weighted by Gasteiger charge is -2.10.